The van der Waals surface area contributed by atoms with Crippen molar-refractivity contribution in [1.82, 2.24) is 10.0 Å². The number of sulfonamides is 1. The Labute approximate surface area is 172 Å². The van der Waals surface area contributed by atoms with Crippen LogP contribution in [0.1, 0.15) is 24.1 Å². The zero-order valence-corrected chi connectivity index (χ0v) is 17.5. The van der Waals surface area contributed by atoms with Gasteiger partial charge < -0.3 is 15.0 Å². The lowest BCUT2D eigenvalue weighted by molar-refractivity contribution is -0.940. The number of quaternary nitrogens is 1. The van der Waals surface area contributed by atoms with Crippen molar-refractivity contribution < 1.29 is 22.8 Å². The van der Waals surface area contributed by atoms with E-state index in [0.29, 0.717) is 13.2 Å². The minimum absolute atomic E-state index is 0.00655. The number of ether oxygens (including phenoxy) is 1. The van der Waals surface area contributed by atoms with Crippen molar-refractivity contribution in [2.45, 2.75) is 30.8 Å². The monoisotopic (exact) mass is 418 g/mol. The fourth-order valence-electron chi connectivity index (χ4n) is 3.70. The fraction of sp³-hybridized carbons (Fsp3) is 0.381. The second-order valence-electron chi connectivity index (χ2n) is 7.34. The van der Waals surface area contributed by atoms with E-state index >= 15 is 0 Å². The van der Waals surface area contributed by atoms with Gasteiger partial charge >= 0.3 is 6.03 Å². The lowest BCUT2D eigenvalue weighted by Gasteiger charge is -2.35. The second kappa shape index (κ2) is 9.39. The maximum Gasteiger partial charge on any atom is 0.329 e. The van der Waals surface area contributed by atoms with Gasteiger partial charge in [0.25, 0.3) is 10.0 Å². The number of hydrogen-bond acceptors (Lipinski definition) is 4. The van der Waals surface area contributed by atoms with E-state index in [9.17, 15) is 13.2 Å². The van der Waals surface area contributed by atoms with Crippen LogP contribution in [-0.2, 0) is 14.8 Å². The molecule has 0 aromatic heterocycles. The molecule has 0 spiro atoms. The smallest absolute Gasteiger partial charge is 0.329 e. The van der Waals surface area contributed by atoms with E-state index in [-0.39, 0.29) is 17.0 Å². The van der Waals surface area contributed by atoms with Crippen LogP contribution in [0.3, 0.4) is 0 Å². The minimum Gasteiger partial charge on any atom is -0.370 e. The zero-order chi connectivity index (χ0) is 20.9. The van der Waals surface area contributed by atoms with Crippen LogP contribution in [-0.4, -0.2) is 46.8 Å². The van der Waals surface area contributed by atoms with E-state index in [1.54, 1.807) is 12.1 Å². The van der Waals surface area contributed by atoms with Gasteiger partial charge in [0.15, 0.2) is 0 Å². The molecule has 2 atom stereocenters. The quantitative estimate of drug-likeness (QED) is 0.654. The Morgan fingerprint density at radius 3 is 2.28 bits per heavy atom. The maximum absolute atomic E-state index is 12.5. The Kier molecular flexibility index (Phi) is 6.89. The number of carbonyl (C=O) groups excluding carboxylic acids is 1. The Hall–Kier alpha value is -2.42. The molecule has 1 heterocycles. The summed E-state index contributed by atoms with van der Waals surface area (Å²) in [6.07, 6.45) is 0. The summed E-state index contributed by atoms with van der Waals surface area (Å²) in [5, 5.41) is 2.82. The summed E-state index contributed by atoms with van der Waals surface area (Å²) < 4.78 is 32.6. The van der Waals surface area contributed by atoms with E-state index in [1.165, 1.54) is 17.0 Å². The van der Waals surface area contributed by atoms with Crippen LogP contribution in [0.2, 0.25) is 0 Å². The SMILES string of the molecule is Cc1ccc(S(=O)(=O)NC(=O)N[C@H](C)[C@H](c2ccccc2)[NH+]2CCOCC2)cc1. The highest BCUT2D eigenvalue weighted by atomic mass is 32.2. The Morgan fingerprint density at radius 2 is 1.66 bits per heavy atom. The molecule has 0 aliphatic carbocycles. The van der Waals surface area contributed by atoms with Crippen molar-refractivity contribution in [2.75, 3.05) is 26.3 Å². The lowest BCUT2D eigenvalue weighted by Crippen LogP contribution is -3.15. The number of amides is 2. The van der Waals surface area contributed by atoms with Crippen molar-refractivity contribution in [3.05, 3.63) is 65.7 Å². The molecular formula is C21H28N3O4S+. The van der Waals surface area contributed by atoms with Crippen LogP contribution >= 0.6 is 0 Å². The van der Waals surface area contributed by atoms with Gasteiger partial charge in [-0.1, -0.05) is 48.0 Å². The molecule has 7 nitrogen and oxygen atoms in total. The van der Waals surface area contributed by atoms with E-state index in [1.807, 2.05) is 44.2 Å². The fourth-order valence-corrected chi connectivity index (χ4v) is 4.62. The topological polar surface area (TPSA) is 88.9 Å². The van der Waals surface area contributed by atoms with E-state index < -0.39 is 16.1 Å². The summed E-state index contributed by atoms with van der Waals surface area (Å²) >= 11 is 0. The summed E-state index contributed by atoms with van der Waals surface area (Å²) in [6.45, 7) is 6.76. The number of nitrogens with one attached hydrogen (secondary N) is 3. The first kappa shape index (κ1) is 21.3. The third-order valence-corrected chi connectivity index (χ3v) is 6.50. The molecule has 0 radical (unpaired) electrons. The summed E-state index contributed by atoms with van der Waals surface area (Å²) in [4.78, 5) is 13.9. The summed E-state index contributed by atoms with van der Waals surface area (Å²) in [7, 11) is -3.93. The van der Waals surface area contributed by atoms with Crippen LogP contribution in [0.5, 0.6) is 0 Å². The molecule has 0 saturated carbocycles. The molecule has 2 amide bonds. The first-order valence-corrected chi connectivity index (χ1v) is 11.2. The number of rotatable bonds is 6. The summed E-state index contributed by atoms with van der Waals surface area (Å²) in [6, 6.07) is 15.3. The zero-order valence-electron chi connectivity index (χ0n) is 16.7. The molecule has 1 aliphatic rings. The first-order chi connectivity index (χ1) is 13.9. The van der Waals surface area contributed by atoms with Crippen LogP contribution in [0.25, 0.3) is 0 Å². The summed E-state index contributed by atoms with van der Waals surface area (Å²) in [5.41, 5.74) is 2.04. The van der Waals surface area contributed by atoms with Gasteiger partial charge in [0.1, 0.15) is 19.1 Å². The van der Waals surface area contributed by atoms with E-state index in [2.05, 4.69) is 10.0 Å². The van der Waals surface area contributed by atoms with Crippen molar-refractivity contribution >= 4 is 16.1 Å². The van der Waals surface area contributed by atoms with Crippen molar-refractivity contribution in [2.24, 2.45) is 0 Å². The molecule has 1 aliphatic heterocycles. The molecule has 3 rings (SSSR count). The van der Waals surface area contributed by atoms with Crippen LogP contribution in [0.4, 0.5) is 4.79 Å². The molecular weight excluding hydrogens is 390 g/mol. The van der Waals surface area contributed by atoms with Gasteiger partial charge in [0, 0.05) is 5.56 Å². The number of aryl methyl sites for hydroxylation is 1. The van der Waals surface area contributed by atoms with Crippen molar-refractivity contribution in [3.8, 4) is 0 Å². The summed E-state index contributed by atoms with van der Waals surface area (Å²) in [5.74, 6) is 0. The number of benzene rings is 2. The van der Waals surface area contributed by atoms with Gasteiger partial charge in [0.2, 0.25) is 0 Å². The largest absolute Gasteiger partial charge is 0.370 e. The molecule has 1 saturated heterocycles. The lowest BCUT2D eigenvalue weighted by atomic mass is 9.98. The van der Waals surface area contributed by atoms with Gasteiger partial charge in [0.05, 0.1) is 24.2 Å². The van der Waals surface area contributed by atoms with Crippen LogP contribution in [0.15, 0.2) is 59.5 Å². The molecule has 2 aromatic carbocycles. The molecule has 8 heteroatoms. The van der Waals surface area contributed by atoms with Gasteiger partial charge in [-0.05, 0) is 26.0 Å². The normalized spacial score (nSPS) is 17.3. The molecule has 29 heavy (non-hydrogen) atoms. The van der Waals surface area contributed by atoms with Gasteiger partial charge in [-0.25, -0.2) is 17.9 Å². The number of carbonyl (C=O) groups is 1. The molecule has 156 valence electrons. The average Bonchev–Trinajstić information content (AvgIpc) is 2.69. The molecule has 1 fully saturated rings. The Balaban J connectivity index is 1.72. The van der Waals surface area contributed by atoms with Gasteiger partial charge in [-0.3, -0.25) is 0 Å². The maximum atomic E-state index is 12.5. The second-order valence-corrected chi connectivity index (χ2v) is 9.02. The minimum atomic E-state index is -3.93. The highest BCUT2D eigenvalue weighted by molar-refractivity contribution is 7.90. The van der Waals surface area contributed by atoms with E-state index in [4.69, 9.17) is 4.74 Å². The molecule has 2 aromatic rings. The molecule has 0 unspecified atom stereocenters. The molecule has 3 N–H and O–H groups in total. The van der Waals surface area contributed by atoms with Gasteiger partial charge in [-0.2, -0.15) is 0 Å². The van der Waals surface area contributed by atoms with Crippen LogP contribution in [0, 0.1) is 6.92 Å². The predicted octanol–water partition coefficient (Wildman–Crippen LogP) is 1.03. The molecule has 0 bridgehead atoms. The average molecular weight is 419 g/mol. The predicted molar refractivity (Wildman–Crippen MR) is 110 cm³/mol. The van der Waals surface area contributed by atoms with Gasteiger partial charge in [-0.15, -0.1) is 0 Å². The highest BCUT2D eigenvalue weighted by Crippen LogP contribution is 2.15. The Morgan fingerprint density at radius 1 is 1.03 bits per heavy atom. The van der Waals surface area contributed by atoms with Crippen LogP contribution < -0.4 is 14.9 Å². The highest BCUT2D eigenvalue weighted by Gasteiger charge is 2.32. The third-order valence-electron chi connectivity index (χ3n) is 5.15. The van der Waals surface area contributed by atoms with Crippen molar-refractivity contribution in [1.29, 1.82) is 0 Å². The van der Waals surface area contributed by atoms with E-state index in [0.717, 1.165) is 24.2 Å². The Bertz CT molecular complexity index is 911. The van der Waals surface area contributed by atoms with Crippen molar-refractivity contribution in [3.63, 3.8) is 0 Å². The number of morpholine rings is 1. The number of urea groups is 1. The standard InChI is InChI=1S/C21H27N3O4S/c1-16-8-10-19(11-9-16)29(26,27)23-21(25)22-17(2)20(18-6-4-3-5-7-18)24-12-14-28-15-13-24/h3-11,17,20H,12-15H2,1-2H3,(H2,22,23,25)/p+1/t17-,20-/m1/s1. The number of hydrogen-bond donors (Lipinski definition) is 3. The first-order valence-electron chi connectivity index (χ1n) is 9.74. The third kappa shape index (κ3) is 5.56.